The molecular formula is C25H35N2O4+. The number of hydrogen-bond donors (Lipinski definition) is 1. The van der Waals surface area contributed by atoms with Crippen molar-refractivity contribution in [2.24, 2.45) is 5.92 Å². The van der Waals surface area contributed by atoms with Gasteiger partial charge in [0.1, 0.15) is 0 Å². The minimum absolute atomic E-state index is 0.147. The van der Waals surface area contributed by atoms with Crippen LogP contribution in [-0.4, -0.2) is 58.8 Å². The topological polar surface area (TPSA) is 52.4 Å². The molecule has 31 heavy (non-hydrogen) atoms. The van der Waals surface area contributed by atoms with Crippen LogP contribution in [0.1, 0.15) is 24.0 Å². The van der Waals surface area contributed by atoms with Crippen molar-refractivity contribution in [3.8, 4) is 17.2 Å². The molecule has 1 heterocycles. The maximum absolute atomic E-state index is 12.9. The van der Waals surface area contributed by atoms with Crippen molar-refractivity contribution >= 4 is 5.91 Å². The van der Waals surface area contributed by atoms with Gasteiger partial charge >= 0.3 is 0 Å². The first-order valence-corrected chi connectivity index (χ1v) is 10.9. The Morgan fingerprint density at radius 1 is 0.968 bits per heavy atom. The van der Waals surface area contributed by atoms with Gasteiger partial charge in [-0.25, -0.2) is 0 Å². The molecule has 3 rings (SSSR count). The number of carbonyl (C=O) groups is 1. The van der Waals surface area contributed by atoms with Crippen LogP contribution in [-0.2, 0) is 17.8 Å². The van der Waals surface area contributed by atoms with Gasteiger partial charge in [0.15, 0.2) is 18.0 Å². The highest BCUT2D eigenvalue weighted by Gasteiger charge is 2.26. The van der Waals surface area contributed by atoms with E-state index in [4.69, 9.17) is 14.2 Å². The summed E-state index contributed by atoms with van der Waals surface area (Å²) in [6.45, 7) is 3.10. The summed E-state index contributed by atoms with van der Waals surface area (Å²) >= 11 is 0. The molecule has 1 saturated heterocycles. The van der Waals surface area contributed by atoms with Crippen LogP contribution in [0.4, 0.5) is 0 Å². The summed E-state index contributed by atoms with van der Waals surface area (Å²) in [6, 6.07) is 14.5. The number of likely N-dealkylation sites (N-methyl/N-ethyl adjacent to an activating group) is 1. The van der Waals surface area contributed by atoms with Crippen molar-refractivity contribution < 1.29 is 23.9 Å². The Balaban J connectivity index is 1.52. The molecule has 168 valence electrons. The zero-order chi connectivity index (χ0) is 22.2. The van der Waals surface area contributed by atoms with Gasteiger partial charge in [0.2, 0.25) is 5.75 Å². The molecular weight excluding hydrogens is 392 g/mol. The van der Waals surface area contributed by atoms with Crippen LogP contribution in [0.15, 0.2) is 42.5 Å². The number of nitrogens with one attached hydrogen (secondary N) is 1. The number of hydrogen-bond acceptors (Lipinski definition) is 4. The molecule has 1 aliphatic heterocycles. The molecule has 0 spiro atoms. The Labute approximate surface area is 185 Å². The number of likely N-dealkylation sites (tertiary alicyclic amines) is 1. The van der Waals surface area contributed by atoms with Crippen molar-refractivity contribution in [2.45, 2.75) is 25.8 Å². The van der Waals surface area contributed by atoms with Gasteiger partial charge in [-0.05, 0) is 42.9 Å². The predicted octanol–water partition coefficient (Wildman–Crippen LogP) is 2.21. The molecule has 0 saturated carbocycles. The average Bonchev–Trinajstić information content (AvgIpc) is 2.80. The lowest BCUT2D eigenvalue weighted by atomic mass is 9.90. The fourth-order valence-electron chi connectivity index (χ4n) is 4.39. The third-order valence-electron chi connectivity index (χ3n) is 6.20. The van der Waals surface area contributed by atoms with Gasteiger partial charge in [-0.15, -0.1) is 0 Å². The standard InChI is InChI=1S/C25H34N2O4/c1-26(17-21-10-11-22(29-2)25(31-4)24(21)30-3)23(28)18-27-14-12-20(13-15-27)16-19-8-6-5-7-9-19/h5-11,20H,12-18H2,1-4H3/p+1. The Kier molecular flexibility index (Phi) is 8.18. The molecule has 0 radical (unpaired) electrons. The summed E-state index contributed by atoms with van der Waals surface area (Å²) < 4.78 is 16.4. The normalized spacial score (nSPS) is 18.3. The van der Waals surface area contributed by atoms with Crippen LogP contribution in [0.5, 0.6) is 17.2 Å². The van der Waals surface area contributed by atoms with E-state index in [-0.39, 0.29) is 5.91 Å². The van der Waals surface area contributed by atoms with Crippen molar-refractivity contribution in [3.63, 3.8) is 0 Å². The van der Waals surface area contributed by atoms with Crippen molar-refractivity contribution in [2.75, 3.05) is 48.0 Å². The van der Waals surface area contributed by atoms with Crippen molar-refractivity contribution in [3.05, 3.63) is 53.6 Å². The lowest BCUT2D eigenvalue weighted by molar-refractivity contribution is -0.898. The van der Waals surface area contributed by atoms with E-state index in [1.165, 1.54) is 23.3 Å². The Morgan fingerprint density at radius 3 is 2.26 bits per heavy atom. The minimum Gasteiger partial charge on any atom is -0.493 e. The summed E-state index contributed by atoms with van der Waals surface area (Å²) in [4.78, 5) is 16.0. The summed E-state index contributed by atoms with van der Waals surface area (Å²) in [5, 5.41) is 0. The van der Waals surface area contributed by atoms with Crippen molar-refractivity contribution in [1.29, 1.82) is 0 Å². The van der Waals surface area contributed by atoms with E-state index in [1.807, 2.05) is 19.2 Å². The smallest absolute Gasteiger partial charge is 0.277 e. The van der Waals surface area contributed by atoms with E-state index >= 15 is 0 Å². The molecule has 1 fully saturated rings. The molecule has 0 bridgehead atoms. The minimum atomic E-state index is 0.147. The van der Waals surface area contributed by atoms with E-state index in [1.54, 1.807) is 26.2 Å². The largest absolute Gasteiger partial charge is 0.493 e. The van der Waals surface area contributed by atoms with Gasteiger partial charge in [-0.1, -0.05) is 30.3 Å². The lowest BCUT2D eigenvalue weighted by Gasteiger charge is -2.30. The van der Waals surface area contributed by atoms with Crippen LogP contribution < -0.4 is 19.1 Å². The molecule has 6 nitrogen and oxygen atoms in total. The van der Waals surface area contributed by atoms with Crippen LogP contribution in [0.3, 0.4) is 0 Å². The first kappa shape index (κ1) is 22.9. The number of rotatable bonds is 9. The maximum Gasteiger partial charge on any atom is 0.277 e. The number of piperidine rings is 1. The van der Waals surface area contributed by atoms with Gasteiger partial charge in [0.25, 0.3) is 5.91 Å². The highest BCUT2D eigenvalue weighted by atomic mass is 16.5. The van der Waals surface area contributed by atoms with E-state index in [0.717, 1.165) is 31.0 Å². The third-order valence-corrected chi connectivity index (χ3v) is 6.20. The number of carbonyl (C=O) groups excluding carboxylic acids is 1. The molecule has 2 aromatic rings. The molecule has 6 heteroatoms. The first-order chi connectivity index (χ1) is 15.0. The second-order valence-corrected chi connectivity index (χ2v) is 8.30. The Bertz CT molecular complexity index is 848. The number of nitrogens with zero attached hydrogens (tertiary/aromatic N) is 1. The number of ether oxygens (including phenoxy) is 3. The van der Waals surface area contributed by atoms with E-state index < -0.39 is 0 Å². The fraction of sp³-hybridized carbons (Fsp3) is 0.480. The zero-order valence-electron chi connectivity index (χ0n) is 19.1. The molecule has 0 aliphatic carbocycles. The maximum atomic E-state index is 12.9. The average molecular weight is 428 g/mol. The van der Waals surface area contributed by atoms with Crippen LogP contribution >= 0.6 is 0 Å². The second-order valence-electron chi connectivity index (χ2n) is 8.30. The Hall–Kier alpha value is -2.73. The lowest BCUT2D eigenvalue weighted by Crippen LogP contribution is -3.14. The third kappa shape index (κ3) is 5.91. The van der Waals surface area contributed by atoms with Gasteiger partial charge in [-0.2, -0.15) is 0 Å². The van der Waals surface area contributed by atoms with E-state index in [0.29, 0.717) is 30.3 Å². The monoisotopic (exact) mass is 427 g/mol. The molecule has 1 amide bonds. The van der Waals surface area contributed by atoms with E-state index in [9.17, 15) is 4.79 Å². The molecule has 0 aromatic heterocycles. The fourth-order valence-corrected chi connectivity index (χ4v) is 4.39. The molecule has 2 aromatic carbocycles. The Morgan fingerprint density at radius 2 is 1.65 bits per heavy atom. The van der Waals surface area contributed by atoms with Gasteiger partial charge in [0, 0.05) is 19.2 Å². The summed E-state index contributed by atoms with van der Waals surface area (Å²) in [5.74, 6) is 2.63. The van der Waals surface area contributed by atoms with Crippen LogP contribution in [0.25, 0.3) is 0 Å². The predicted molar refractivity (Wildman–Crippen MR) is 121 cm³/mol. The van der Waals surface area contributed by atoms with Crippen LogP contribution in [0.2, 0.25) is 0 Å². The number of amides is 1. The first-order valence-electron chi connectivity index (χ1n) is 10.9. The number of methoxy groups -OCH3 is 3. The second kappa shape index (κ2) is 11.0. The van der Waals surface area contributed by atoms with E-state index in [2.05, 4.69) is 30.3 Å². The molecule has 1 N–H and O–H groups in total. The SMILES string of the molecule is COc1ccc(CN(C)C(=O)C[NH+]2CCC(Cc3ccccc3)CC2)c(OC)c1OC. The number of benzene rings is 2. The highest BCUT2D eigenvalue weighted by molar-refractivity contribution is 5.77. The highest BCUT2D eigenvalue weighted by Crippen LogP contribution is 2.40. The summed E-state index contributed by atoms with van der Waals surface area (Å²) in [6.07, 6.45) is 3.48. The zero-order valence-corrected chi connectivity index (χ0v) is 19.1. The summed E-state index contributed by atoms with van der Waals surface area (Å²) in [5.41, 5.74) is 2.31. The molecule has 0 atom stereocenters. The van der Waals surface area contributed by atoms with Gasteiger partial charge in [-0.3, -0.25) is 4.79 Å². The summed E-state index contributed by atoms with van der Waals surface area (Å²) in [7, 11) is 6.63. The quantitative estimate of drug-likeness (QED) is 0.667. The van der Waals surface area contributed by atoms with Crippen molar-refractivity contribution in [1.82, 2.24) is 4.90 Å². The van der Waals surface area contributed by atoms with Gasteiger partial charge < -0.3 is 24.0 Å². The molecule has 1 aliphatic rings. The van der Waals surface area contributed by atoms with Gasteiger partial charge in [0.05, 0.1) is 34.4 Å². The van der Waals surface area contributed by atoms with Crippen LogP contribution in [0, 0.1) is 5.92 Å². The molecule has 0 unspecified atom stereocenters. The number of quaternary nitrogens is 1.